The molecule has 0 saturated carbocycles. The van der Waals surface area contributed by atoms with E-state index in [9.17, 15) is 4.79 Å². The first-order valence-corrected chi connectivity index (χ1v) is 12.3. The molecule has 0 aliphatic carbocycles. The van der Waals surface area contributed by atoms with Crippen LogP contribution in [0.5, 0.6) is 11.5 Å². The van der Waals surface area contributed by atoms with Crippen molar-refractivity contribution in [1.82, 2.24) is 30.7 Å². The molecule has 0 saturated heterocycles. The van der Waals surface area contributed by atoms with E-state index in [1.807, 2.05) is 36.4 Å². The van der Waals surface area contributed by atoms with Crippen LogP contribution in [0, 0.1) is 0 Å². The number of amides is 1. The van der Waals surface area contributed by atoms with Gasteiger partial charge in [-0.15, -0.1) is 5.10 Å². The summed E-state index contributed by atoms with van der Waals surface area (Å²) in [5.74, 6) is 0.443. The van der Waals surface area contributed by atoms with E-state index in [0.717, 1.165) is 10.2 Å². The average molecular weight is 559 g/mol. The van der Waals surface area contributed by atoms with E-state index in [1.54, 1.807) is 50.4 Å². The Labute approximate surface area is 233 Å². The highest BCUT2D eigenvalue weighted by atomic mass is 35.5. The molecule has 2 aromatic heterocycles. The second kappa shape index (κ2) is 11.7. The zero-order valence-electron chi connectivity index (χ0n) is 21.4. The third kappa shape index (κ3) is 5.61. The molecule has 0 atom stereocenters. The Hall–Kier alpha value is -5.23. The smallest absolute Gasteiger partial charge is 0.292 e. The normalized spacial score (nSPS) is 11.3. The van der Waals surface area contributed by atoms with Crippen LogP contribution in [-0.4, -0.2) is 44.0 Å². The van der Waals surface area contributed by atoms with Gasteiger partial charge in [0.05, 0.1) is 12.8 Å². The SMILES string of the molecule is COc1cc(/C(C)=N/NC(=O)c2c(-c3ccccc3)nnn2-c2nonc2N)ccc1OCc1ccc(Cl)cc1. The highest BCUT2D eigenvalue weighted by molar-refractivity contribution is 6.30. The van der Waals surface area contributed by atoms with E-state index >= 15 is 0 Å². The fourth-order valence-corrected chi connectivity index (χ4v) is 3.89. The molecule has 40 heavy (non-hydrogen) atoms. The second-order valence-corrected chi connectivity index (χ2v) is 8.89. The minimum atomic E-state index is -0.597. The van der Waals surface area contributed by atoms with Gasteiger partial charge in [0.1, 0.15) is 12.3 Å². The highest BCUT2D eigenvalue weighted by Gasteiger charge is 2.26. The van der Waals surface area contributed by atoms with Crippen LogP contribution in [0.4, 0.5) is 5.82 Å². The summed E-state index contributed by atoms with van der Waals surface area (Å²) in [5.41, 5.74) is 11.6. The number of hydrazone groups is 1. The largest absolute Gasteiger partial charge is 0.493 e. The van der Waals surface area contributed by atoms with Crippen LogP contribution in [-0.2, 0) is 6.61 Å². The van der Waals surface area contributed by atoms with Gasteiger partial charge in [-0.05, 0) is 53.1 Å². The molecule has 0 aliphatic rings. The number of ether oxygens (including phenoxy) is 2. The van der Waals surface area contributed by atoms with Crippen molar-refractivity contribution < 1.29 is 18.9 Å². The van der Waals surface area contributed by atoms with Gasteiger partial charge in [0.25, 0.3) is 5.91 Å². The van der Waals surface area contributed by atoms with Gasteiger partial charge in [0, 0.05) is 16.1 Å². The Morgan fingerprint density at radius 1 is 1.07 bits per heavy atom. The molecule has 0 radical (unpaired) electrons. The number of rotatable bonds is 9. The van der Waals surface area contributed by atoms with Crippen LogP contribution >= 0.6 is 11.6 Å². The Kier molecular flexibility index (Phi) is 7.69. The van der Waals surface area contributed by atoms with E-state index in [0.29, 0.717) is 45.7 Å². The van der Waals surface area contributed by atoms with Gasteiger partial charge in [0.15, 0.2) is 17.2 Å². The monoisotopic (exact) mass is 558 g/mol. The zero-order valence-corrected chi connectivity index (χ0v) is 22.2. The number of anilines is 1. The summed E-state index contributed by atoms with van der Waals surface area (Å²) in [6, 6.07) is 21.8. The van der Waals surface area contributed by atoms with Crippen molar-refractivity contribution in [3.63, 3.8) is 0 Å². The summed E-state index contributed by atoms with van der Waals surface area (Å²) in [4.78, 5) is 13.4. The summed E-state index contributed by atoms with van der Waals surface area (Å²) < 4.78 is 17.3. The van der Waals surface area contributed by atoms with Crippen LogP contribution in [0.3, 0.4) is 0 Å². The molecule has 12 nitrogen and oxygen atoms in total. The first-order valence-electron chi connectivity index (χ1n) is 11.9. The first-order chi connectivity index (χ1) is 19.4. The Morgan fingerprint density at radius 2 is 1.85 bits per heavy atom. The maximum Gasteiger partial charge on any atom is 0.292 e. The van der Waals surface area contributed by atoms with Gasteiger partial charge in [-0.3, -0.25) is 4.79 Å². The number of benzene rings is 3. The van der Waals surface area contributed by atoms with Crippen molar-refractivity contribution in [3.8, 4) is 28.6 Å². The quantitative estimate of drug-likeness (QED) is 0.199. The van der Waals surface area contributed by atoms with Crippen LogP contribution < -0.4 is 20.6 Å². The number of hydrogen-bond acceptors (Lipinski definition) is 10. The minimum Gasteiger partial charge on any atom is -0.493 e. The van der Waals surface area contributed by atoms with Crippen LogP contribution in [0.1, 0.15) is 28.5 Å². The maximum absolute atomic E-state index is 13.4. The predicted octanol–water partition coefficient (Wildman–Crippen LogP) is 4.29. The molecule has 3 aromatic carbocycles. The van der Waals surface area contributed by atoms with E-state index in [4.69, 9.17) is 26.8 Å². The van der Waals surface area contributed by atoms with Gasteiger partial charge < -0.3 is 15.2 Å². The Balaban J connectivity index is 1.37. The lowest BCUT2D eigenvalue weighted by Gasteiger charge is -2.12. The number of nitrogens with one attached hydrogen (secondary N) is 1. The van der Waals surface area contributed by atoms with Crippen LogP contribution in [0.15, 0.2) is 82.5 Å². The number of nitrogens with two attached hydrogens (primary N) is 1. The summed E-state index contributed by atoms with van der Waals surface area (Å²) in [5, 5.41) is 20.5. The van der Waals surface area contributed by atoms with Crippen molar-refractivity contribution in [2.45, 2.75) is 13.5 Å². The lowest BCUT2D eigenvalue weighted by atomic mass is 10.1. The van der Waals surface area contributed by atoms with Crippen molar-refractivity contribution >= 4 is 29.0 Å². The fourth-order valence-electron chi connectivity index (χ4n) is 3.77. The van der Waals surface area contributed by atoms with Crippen LogP contribution in [0.2, 0.25) is 5.02 Å². The Morgan fingerprint density at radius 3 is 2.55 bits per heavy atom. The van der Waals surface area contributed by atoms with Crippen LogP contribution in [0.25, 0.3) is 17.1 Å². The molecule has 0 spiro atoms. The minimum absolute atomic E-state index is 0.0273. The molecular weight excluding hydrogens is 536 g/mol. The van der Waals surface area contributed by atoms with Gasteiger partial charge in [-0.25, -0.2) is 10.1 Å². The molecule has 3 N–H and O–H groups in total. The molecule has 5 rings (SSSR count). The molecule has 0 unspecified atom stereocenters. The number of hydrogen-bond donors (Lipinski definition) is 2. The molecule has 0 fully saturated rings. The van der Waals surface area contributed by atoms with Gasteiger partial charge >= 0.3 is 0 Å². The summed E-state index contributed by atoms with van der Waals surface area (Å²) in [6.07, 6.45) is 0. The van der Waals surface area contributed by atoms with Gasteiger partial charge in [-0.1, -0.05) is 59.3 Å². The molecule has 5 aromatic rings. The maximum atomic E-state index is 13.4. The number of methoxy groups -OCH3 is 1. The van der Waals surface area contributed by atoms with E-state index in [2.05, 4.69) is 35.8 Å². The summed E-state index contributed by atoms with van der Waals surface area (Å²) in [7, 11) is 1.55. The number of carbonyl (C=O) groups is 1. The number of nitrogen functional groups attached to an aromatic ring is 1. The standard InChI is InChI=1S/C27H23ClN8O4/c1-16(19-10-13-21(22(14-19)38-2)39-15-17-8-11-20(28)12-9-17)30-32-27(37)24-23(18-6-4-3-5-7-18)31-35-36(24)26-25(29)33-40-34-26/h3-14H,15H2,1-2H3,(H2,29,33)(H,32,37)/b30-16+. The molecular formula is C27H23ClN8O4. The van der Waals surface area contributed by atoms with Crippen molar-refractivity contribution in [3.05, 3.63) is 94.6 Å². The van der Waals surface area contributed by atoms with E-state index < -0.39 is 5.91 Å². The number of carbonyl (C=O) groups excluding carboxylic acids is 1. The summed E-state index contributed by atoms with van der Waals surface area (Å²) in [6.45, 7) is 2.09. The van der Waals surface area contributed by atoms with Crippen molar-refractivity contribution in [2.75, 3.05) is 12.8 Å². The molecule has 13 heteroatoms. The number of halogens is 1. The van der Waals surface area contributed by atoms with Crippen molar-refractivity contribution in [1.29, 1.82) is 0 Å². The predicted molar refractivity (Wildman–Crippen MR) is 148 cm³/mol. The summed E-state index contributed by atoms with van der Waals surface area (Å²) >= 11 is 5.95. The van der Waals surface area contributed by atoms with Crippen molar-refractivity contribution in [2.24, 2.45) is 5.10 Å². The molecule has 202 valence electrons. The third-order valence-electron chi connectivity index (χ3n) is 5.84. The molecule has 0 bridgehead atoms. The molecule has 1 amide bonds. The lowest BCUT2D eigenvalue weighted by molar-refractivity contribution is 0.0947. The topological polar surface area (TPSA) is 156 Å². The fraction of sp³-hybridized carbons (Fsp3) is 0.111. The number of aromatic nitrogens is 5. The highest BCUT2D eigenvalue weighted by Crippen LogP contribution is 2.29. The molecule has 2 heterocycles. The average Bonchev–Trinajstić information content (AvgIpc) is 3.61. The van der Waals surface area contributed by atoms with E-state index in [1.165, 1.54) is 0 Å². The lowest BCUT2D eigenvalue weighted by Crippen LogP contribution is -2.23. The van der Waals surface area contributed by atoms with Gasteiger partial charge in [-0.2, -0.15) is 9.78 Å². The first kappa shape index (κ1) is 26.4. The molecule has 0 aliphatic heterocycles. The van der Waals surface area contributed by atoms with Gasteiger partial charge in [0.2, 0.25) is 11.6 Å². The Bertz CT molecular complexity index is 1670. The zero-order chi connectivity index (χ0) is 28.1. The van der Waals surface area contributed by atoms with E-state index in [-0.39, 0.29) is 17.3 Å². The number of nitrogens with zero attached hydrogens (tertiary/aromatic N) is 6. The second-order valence-electron chi connectivity index (χ2n) is 8.46. The third-order valence-corrected chi connectivity index (χ3v) is 6.09.